The van der Waals surface area contributed by atoms with Gasteiger partial charge in [-0.1, -0.05) is 5.16 Å². The van der Waals surface area contributed by atoms with Crippen LogP contribution in [-0.4, -0.2) is 32.3 Å². The van der Waals surface area contributed by atoms with Crippen LogP contribution in [0.2, 0.25) is 5.22 Å². The molecule has 0 aliphatic carbocycles. The van der Waals surface area contributed by atoms with Gasteiger partial charge in [0.25, 0.3) is 0 Å². The van der Waals surface area contributed by atoms with E-state index >= 15 is 0 Å². The molecule has 7 heteroatoms. The van der Waals surface area contributed by atoms with Gasteiger partial charge in [-0.25, -0.2) is 0 Å². The van der Waals surface area contributed by atoms with E-state index in [9.17, 15) is 4.79 Å². The van der Waals surface area contributed by atoms with Gasteiger partial charge in [0.1, 0.15) is 0 Å². The van der Waals surface area contributed by atoms with Crippen molar-refractivity contribution in [2.45, 2.75) is 32.2 Å². The van der Waals surface area contributed by atoms with Crippen molar-refractivity contribution in [2.24, 2.45) is 7.05 Å². The number of hydrogen-bond donors (Lipinski definition) is 0. The summed E-state index contributed by atoms with van der Waals surface area (Å²) in [5.41, 5.74) is 2.43. The zero-order chi connectivity index (χ0) is 15.0. The summed E-state index contributed by atoms with van der Waals surface area (Å²) in [6.07, 6.45) is 5.99. The molecular formula is C14H17ClN4O2. The van der Waals surface area contributed by atoms with Crippen molar-refractivity contribution in [3.05, 3.63) is 34.4 Å². The lowest BCUT2D eigenvalue weighted by Crippen LogP contribution is -2.31. The highest BCUT2D eigenvalue weighted by Gasteiger charge is 2.31. The zero-order valence-electron chi connectivity index (χ0n) is 12.0. The Kier molecular flexibility index (Phi) is 3.71. The van der Waals surface area contributed by atoms with Crippen molar-refractivity contribution < 1.29 is 9.32 Å². The topological polar surface area (TPSA) is 64.2 Å². The zero-order valence-corrected chi connectivity index (χ0v) is 12.8. The molecule has 0 N–H and O–H groups in total. The van der Waals surface area contributed by atoms with E-state index in [2.05, 4.69) is 10.3 Å². The van der Waals surface area contributed by atoms with Gasteiger partial charge in [-0.05, 0) is 31.4 Å². The van der Waals surface area contributed by atoms with Gasteiger partial charge in [0.2, 0.25) is 11.1 Å². The fourth-order valence-electron chi connectivity index (χ4n) is 2.84. The molecule has 0 spiro atoms. The maximum absolute atomic E-state index is 12.6. The Balaban J connectivity index is 1.77. The molecule has 2 aromatic rings. The summed E-state index contributed by atoms with van der Waals surface area (Å²) in [6.45, 7) is 2.56. The van der Waals surface area contributed by atoms with Crippen LogP contribution in [0.4, 0.5) is 0 Å². The summed E-state index contributed by atoms with van der Waals surface area (Å²) in [4.78, 5) is 14.5. The summed E-state index contributed by atoms with van der Waals surface area (Å²) >= 11 is 5.94. The average molecular weight is 309 g/mol. The van der Waals surface area contributed by atoms with E-state index in [0.717, 1.165) is 24.9 Å². The van der Waals surface area contributed by atoms with Gasteiger partial charge >= 0.3 is 0 Å². The third-order valence-electron chi connectivity index (χ3n) is 3.95. The minimum Gasteiger partial charge on any atom is -0.344 e. The first kappa shape index (κ1) is 14.1. The summed E-state index contributed by atoms with van der Waals surface area (Å²) in [7, 11) is 1.88. The quantitative estimate of drug-likeness (QED) is 0.872. The maximum Gasteiger partial charge on any atom is 0.229 e. The molecule has 1 atom stereocenters. The summed E-state index contributed by atoms with van der Waals surface area (Å²) in [5.74, 6) is 0.0505. The molecule has 3 heterocycles. The molecule has 2 aromatic heterocycles. The number of amides is 1. The molecule has 1 fully saturated rings. The van der Waals surface area contributed by atoms with E-state index in [1.165, 1.54) is 0 Å². The molecule has 1 saturated heterocycles. The first-order valence-corrected chi connectivity index (χ1v) is 7.32. The Labute approximate surface area is 127 Å². The molecular weight excluding hydrogens is 292 g/mol. The number of carbonyl (C=O) groups excluding carboxylic acids is 1. The van der Waals surface area contributed by atoms with E-state index in [1.807, 2.05) is 24.3 Å². The maximum atomic E-state index is 12.6. The predicted octanol–water partition coefficient (Wildman–Crippen LogP) is 2.28. The number of halogens is 1. The Morgan fingerprint density at radius 3 is 3.00 bits per heavy atom. The molecule has 0 unspecified atom stereocenters. The van der Waals surface area contributed by atoms with Crippen LogP contribution in [0.25, 0.3) is 0 Å². The van der Waals surface area contributed by atoms with Crippen LogP contribution in [0.5, 0.6) is 0 Å². The number of nitrogens with zero attached hydrogens (tertiary/aromatic N) is 4. The number of carbonyl (C=O) groups is 1. The monoisotopic (exact) mass is 308 g/mol. The van der Waals surface area contributed by atoms with Gasteiger partial charge in [-0.15, -0.1) is 0 Å². The van der Waals surface area contributed by atoms with Crippen molar-refractivity contribution in [3.8, 4) is 0 Å². The van der Waals surface area contributed by atoms with Crippen LogP contribution in [0.15, 0.2) is 16.9 Å². The summed E-state index contributed by atoms with van der Waals surface area (Å²) < 4.78 is 6.67. The van der Waals surface area contributed by atoms with Gasteiger partial charge < -0.3 is 9.42 Å². The highest BCUT2D eigenvalue weighted by molar-refractivity contribution is 6.29. The number of aryl methyl sites for hydroxylation is 2. The fourth-order valence-corrected chi connectivity index (χ4v) is 3.07. The van der Waals surface area contributed by atoms with Crippen molar-refractivity contribution in [3.63, 3.8) is 0 Å². The average Bonchev–Trinajstić information content (AvgIpc) is 3.14. The second-order valence-electron chi connectivity index (χ2n) is 5.39. The van der Waals surface area contributed by atoms with E-state index < -0.39 is 0 Å². The summed E-state index contributed by atoms with van der Waals surface area (Å²) in [6, 6.07) is 0.102. The number of rotatable bonds is 3. The van der Waals surface area contributed by atoms with Gasteiger partial charge in [0, 0.05) is 30.9 Å². The molecule has 0 aromatic carbocycles. The predicted molar refractivity (Wildman–Crippen MR) is 76.9 cm³/mol. The minimum atomic E-state index is 0.0505. The molecule has 1 aliphatic rings. The van der Waals surface area contributed by atoms with E-state index in [1.54, 1.807) is 11.6 Å². The van der Waals surface area contributed by atoms with Gasteiger partial charge in [0.15, 0.2) is 0 Å². The third kappa shape index (κ3) is 2.68. The number of aromatic nitrogens is 3. The Morgan fingerprint density at radius 2 is 2.38 bits per heavy atom. The van der Waals surface area contributed by atoms with Crippen molar-refractivity contribution in [1.82, 2.24) is 19.8 Å². The molecule has 0 bridgehead atoms. The second-order valence-corrected chi connectivity index (χ2v) is 5.73. The standard InChI is InChI=1S/C14H17ClN4O2/c1-9-11(14(15)21-17-9)6-13(20)19-5-3-4-12(19)10-7-16-18(2)8-10/h7-8,12H,3-6H2,1-2H3/t12-/m1/s1. The lowest BCUT2D eigenvalue weighted by atomic mass is 10.1. The minimum absolute atomic E-state index is 0.0505. The van der Waals surface area contributed by atoms with E-state index in [4.69, 9.17) is 16.1 Å². The molecule has 21 heavy (non-hydrogen) atoms. The first-order chi connectivity index (χ1) is 10.1. The Bertz CT molecular complexity index is 644. The molecule has 0 radical (unpaired) electrons. The highest BCUT2D eigenvalue weighted by Crippen LogP contribution is 2.32. The van der Waals surface area contributed by atoms with Crippen LogP contribution in [0.3, 0.4) is 0 Å². The highest BCUT2D eigenvalue weighted by atomic mass is 35.5. The number of likely N-dealkylation sites (tertiary alicyclic amines) is 1. The van der Waals surface area contributed by atoms with Crippen molar-refractivity contribution in [2.75, 3.05) is 6.54 Å². The molecule has 1 amide bonds. The largest absolute Gasteiger partial charge is 0.344 e. The number of hydrogen-bond acceptors (Lipinski definition) is 4. The third-order valence-corrected chi connectivity index (χ3v) is 4.24. The summed E-state index contributed by atoms with van der Waals surface area (Å²) in [5, 5.41) is 8.18. The van der Waals surface area contributed by atoms with Gasteiger partial charge in [-0.2, -0.15) is 5.10 Å². The van der Waals surface area contributed by atoms with E-state index in [-0.39, 0.29) is 23.6 Å². The molecule has 1 aliphatic heterocycles. The van der Waals surface area contributed by atoms with Crippen molar-refractivity contribution in [1.29, 1.82) is 0 Å². The lowest BCUT2D eigenvalue weighted by molar-refractivity contribution is -0.131. The van der Waals surface area contributed by atoms with E-state index in [0.29, 0.717) is 11.3 Å². The molecule has 0 saturated carbocycles. The van der Waals surface area contributed by atoms with Crippen LogP contribution in [0, 0.1) is 6.92 Å². The molecule has 3 rings (SSSR count). The van der Waals surface area contributed by atoms with Crippen molar-refractivity contribution >= 4 is 17.5 Å². The molecule has 6 nitrogen and oxygen atoms in total. The van der Waals surface area contributed by atoms with Crippen LogP contribution in [0.1, 0.15) is 35.7 Å². The second kappa shape index (κ2) is 5.52. The first-order valence-electron chi connectivity index (χ1n) is 6.95. The van der Waals surface area contributed by atoms with Crippen LogP contribution in [-0.2, 0) is 18.3 Å². The van der Waals surface area contributed by atoms with Gasteiger partial charge in [-0.3, -0.25) is 9.48 Å². The Morgan fingerprint density at radius 1 is 1.57 bits per heavy atom. The Hall–Kier alpha value is -1.82. The molecule has 112 valence electrons. The van der Waals surface area contributed by atoms with Crippen LogP contribution >= 0.6 is 11.6 Å². The lowest BCUT2D eigenvalue weighted by Gasteiger charge is -2.23. The SMILES string of the molecule is Cc1noc(Cl)c1CC(=O)N1CCC[C@@H]1c1cnn(C)c1. The smallest absolute Gasteiger partial charge is 0.229 e. The fraction of sp³-hybridized carbons (Fsp3) is 0.500. The normalized spacial score (nSPS) is 18.4. The van der Waals surface area contributed by atoms with Crippen LogP contribution < -0.4 is 0 Å². The van der Waals surface area contributed by atoms with Gasteiger partial charge in [0.05, 0.1) is 24.4 Å².